The van der Waals surface area contributed by atoms with Crippen LogP contribution < -0.4 is 5.73 Å². The van der Waals surface area contributed by atoms with E-state index in [1.54, 1.807) is 26.2 Å². The third kappa shape index (κ3) is 2.71. The maximum absolute atomic E-state index is 13.4. The summed E-state index contributed by atoms with van der Waals surface area (Å²) in [7, 11) is 3.18. The highest BCUT2D eigenvalue weighted by Gasteiger charge is 2.63. The van der Waals surface area contributed by atoms with Crippen molar-refractivity contribution in [3.8, 4) is 0 Å². The van der Waals surface area contributed by atoms with E-state index in [1.165, 1.54) is 4.90 Å². The fraction of sp³-hybridized carbons (Fsp3) is 0.381. The third-order valence-corrected chi connectivity index (χ3v) is 6.36. The van der Waals surface area contributed by atoms with Crippen LogP contribution in [0.4, 0.5) is 0 Å². The summed E-state index contributed by atoms with van der Waals surface area (Å²) in [6.07, 6.45) is 0.621. The summed E-state index contributed by atoms with van der Waals surface area (Å²) < 4.78 is 0. The summed E-state index contributed by atoms with van der Waals surface area (Å²) in [6.45, 7) is 0. The quantitative estimate of drug-likeness (QED) is 0.501. The van der Waals surface area contributed by atoms with E-state index in [-0.39, 0.29) is 30.2 Å². The first-order chi connectivity index (χ1) is 13.6. The molecule has 3 aliphatic rings. The summed E-state index contributed by atoms with van der Waals surface area (Å²) in [5, 5.41) is 32.9. The molecule has 0 radical (unpaired) electrons. The van der Waals surface area contributed by atoms with Gasteiger partial charge in [0.1, 0.15) is 17.1 Å². The monoisotopic (exact) mass is 434 g/mol. The molecule has 1 aromatic rings. The van der Waals surface area contributed by atoms with Gasteiger partial charge in [-0.3, -0.25) is 19.3 Å². The van der Waals surface area contributed by atoms with Gasteiger partial charge in [-0.25, -0.2) is 0 Å². The van der Waals surface area contributed by atoms with E-state index in [1.807, 2.05) is 12.1 Å². The molecular formula is C21H23ClN2O6. The number of ketones is 2. The van der Waals surface area contributed by atoms with Crippen LogP contribution in [-0.4, -0.2) is 63.4 Å². The van der Waals surface area contributed by atoms with Gasteiger partial charge in [0.2, 0.25) is 5.78 Å². The first-order valence-corrected chi connectivity index (χ1v) is 9.33. The Balaban J connectivity index is 0.00000256. The van der Waals surface area contributed by atoms with Crippen molar-refractivity contribution in [2.75, 3.05) is 14.1 Å². The van der Waals surface area contributed by atoms with Gasteiger partial charge in [0.15, 0.2) is 11.4 Å². The number of amides is 1. The number of likely N-dealkylation sites (N-methyl/N-ethyl adjacent to an activating group) is 1. The summed E-state index contributed by atoms with van der Waals surface area (Å²) in [5.41, 5.74) is 3.35. The molecule has 30 heavy (non-hydrogen) atoms. The maximum atomic E-state index is 13.4. The van der Waals surface area contributed by atoms with Crippen LogP contribution in [0.1, 0.15) is 17.5 Å². The summed E-state index contributed by atoms with van der Waals surface area (Å²) in [4.78, 5) is 39.7. The highest BCUT2D eigenvalue weighted by Crippen LogP contribution is 2.51. The number of fused-ring (bicyclic) bond motifs is 3. The molecule has 1 aromatic carbocycles. The molecule has 1 amide bonds. The van der Waals surface area contributed by atoms with Crippen LogP contribution >= 0.6 is 12.4 Å². The Morgan fingerprint density at radius 1 is 1.20 bits per heavy atom. The first-order valence-electron chi connectivity index (χ1n) is 9.33. The number of hydrogen-bond acceptors (Lipinski definition) is 7. The zero-order valence-corrected chi connectivity index (χ0v) is 17.3. The minimum atomic E-state index is -2.51. The third-order valence-electron chi connectivity index (χ3n) is 6.36. The maximum Gasteiger partial charge on any atom is 0.255 e. The summed E-state index contributed by atoms with van der Waals surface area (Å²) in [5.74, 6) is -5.54. The van der Waals surface area contributed by atoms with Gasteiger partial charge in [0.05, 0.1) is 6.04 Å². The summed E-state index contributed by atoms with van der Waals surface area (Å²) >= 11 is 0. The van der Waals surface area contributed by atoms with Crippen molar-refractivity contribution >= 4 is 35.6 Å². The number of primary amides is 1. The van der Waals surface area contributed by atoms with Crippen molar-refractivity contribution in [2.45, 2.75) is 24.5 Å². The Kier molecular flexibility index (Phi) is 5.30. The van der Waals surface area contributed by atoms with Gasteiger partial charge >= 0.3 is 0 Å². The lowest BCUT2D eigenvalue weighted by molar-refractivity contribution is -0.153. The Morgan fingerprint density at radius 2 is 1.83 bits per heavy atom. The molecule has 0 bridgehead atoms. The van der Waals surface area contributed by atoms with E-state index in [0.29, 0.717) is 12.0 Å². The van der Waals surface area contributed by atoms with Crippen molar-refractivity contribution in [3.05, 3.63) is 52.3 Å². The largest absolute Gasteiger partial charge is 0.508 e. The second-order valence-electron chi connectivity index (χ2n) is 8.12. The van der Waals surface area contributed by atoms with Crippen LogP contribution in [0.3, 0.4) is 0 Å². The lowest BCUT2D eigenvalue weighted by atomic mass is 9.57. The highest BCUT2D eigenvalue weighted by molar-refractivity contribution is 6.24. The minimum Gasteiger partial charge on any atom is -0.508 e. The number of hydrogen-bond donors (Lipinski definition) is 4. The second kappa shape index (κ2) is 7.23. The Labute approximate surface area is 179 Å². The predicted octanol–water partition coefficient (Wildman–Crippen LogP) is 0.680. The van der Waals surface area contributed by atoms with Crippen molar-refractivity contribution in [1.82, 2.24) is 4.90 Å². The topological polar surface area (TPSA) is 141 Å². The molecule has 0 aromatic heterocycles. The van der Waals surface area contributed by atoms with Gasteiger partial charge in [-0.2, -0.15) is 0 Å². The van der Waals surface area contributed by atoms with Gasteiger partial charge in [0, 0.05) is 17.1 Å². The highest BCUT2D eigenvalue weighted by atomic mass is 35.5. The van der Waals surface area contributed by atoms with Crippen LogP contribution in [-0.2, 0) is 20.8 Å². The molecule has 5 N–H and O–H groups in total. The van der Waals surface area contributed by atoms with Crippen LogP contribution in [0.15, 0.2) is 41.2 Å². The standard InChI is InChI=1S/C21H22N2O6.ClH/c1-23(2)15-12-8-10-7-9-5-3-4-6-11(9)16(24)13(10)18(26)21(12,29)19(27)14(17(15)25)20(22)28;/h3-6,10,12,15,24,27,29H,7-8H2,1-2H3,(H2,22,28);1H/t10-,12-,15-,21-;/m0./s1. The van der Waals surface area contributed by atoms with Crippen LogP contribution in [0.5, 0.6) is 0 Å². The van der Waals surface area contributed by atoms with E-state index in [2.05, 4.69) is 0 Å². The van der Waals surface area contributed by atoms with Crippen molar-refractivity contribution in [3.63, 3.8) is 0 Å². The lowest BCUT2D eigenvalue weighted by Gasteiger charge is -2.50. The molecule has 8 nitrogen and oxygen atoms in total. The van der Waals surface area contributed by atoms with Crippen LogP contribution in [0, 0.1) is 11.8 Å². The van der Waals surface area contributed by atoms with E-state index >= 15 is 0 Å². The molecular weight excluding hydrogens is 412 g/mol. The molecule has 1 saturated carbocycles. The number of aliphatic hydroxyl groups is 3. The zero-order chi connectivity index (χ0) is 21.2. The van der Waals surface area contributed by atoms with Crippen molar-refractivity contribution in [1.29, 1.82) is 0 Å². The number of rotatable bonds is 2. The van der Waals surface area contributed by atoms with Crippen LogP contribution in [0.2, 0.25) is 0 Å². The number of carbonyl (C=O) groups excluding carboxylic acids is 3. The average Bonchev–Trinajstić information content (AvgIpc) is 2.64. The molecule has 0 heterocycles. The molecule has 0 saturated heterocycles. The minimum absolute atomic E-state index is 0. The molecule has 0 unspecified atom stereocenters. The number of halogens is 1. The number of aliphatic hydroxyl groups excluding tert-OH is 2. The molecule has 1 fully saturated rings. The summed E-state index contributed by atoms with van der Waals surface area (Å²) in [6, 6.07) is 6.06. The number of nitrogens with zero attached hydrogens (tertiary/aromatic N) is 1. The Hall–Kier alpha value is -2.68. The molecule has 9 heteroatoms. The van der Waals surface area contributed by atoms with E-state index < -0.39 is 52.3 Å². The molecule has 4 rings (SSSR count). The average molecular weight is 435 g/mol. The number of carbonyl (C=O) groups is 3. The molecule has 0 aliphatic heterocycles. The zero-order valence-electron chi connectivity index (χ0n) is 16.5. The first kappa shape index (κ1) is 22.0. The van der Waals surface area contributed by atoms with Gasteiger partial charge in [0.25, 0.3) is 5.91 Å². The number of benzene rings is 1. The van der Waals surface area contributed by atoms with E-state index in [9.17, 15) is 29.7 Å². The second-order valence-corrected chi connectivity index (χ2v) is 8.12. The SMILES string of the molecule is CN(C)[C@@H]1C(=O)C(C(N)=O)=C(O)[C@@]2(O)C(=O)C3=C(O)c4ccccc4C[C@H]3C[C@@H]12.Cl. The molecule has 4 atom stereocenters. The predicted molar refractivity (Wildman–Crippen MR) is 110 cm³/mol. The van der Waals surface area contributed by atoms with Gasteiger partial charge < -0.3 is 21.1 Å². The van der Waals surface area contributed by atoms with Crippen LogP contribution in [0.25, 0.3) is 5.76 Å². The van der Waals surface area contributed by atoms with Crippen molar-refractivity contribution < 1.29 is 29.7 Å². The van der Waals surface area contributed by atoms with E-state index in [4.69, 9.17) is 5.73 Å². The van der Waals surface area contributed by atoms with E-state index in [0.717, 1.165) is 5.56 Å². The van der Waals surface area contributed by atoms with Gasteiger partial charge in [-0.15, -0.1) is 12.4 Å². The van der Waals surface area contributed by atoms with Crippen molar-refractivity contribution in [2.24, 2.45) is 17.6 Å². The fourth-order valence-electron chi connectivity index (χ4n) is 5.09. The smallest absolute Gasteiger partial charge is 0.255 e. The number of Topliss-reactive ketones (excluding diaryl/α,β-unsaturated/α-hetero) is 2. The lowest BCUT2D eigenvalue weighted by Crippen LogP contribution is -2.65. The normalized spacial score (nSPS) is 30.5. The number of nitrogens with two attached hydrogens (primary N) is 1. The Morgan fingerprint density at radius 3 is 2.43 bits per heavy atom. The molecule has 160 valence electrons. The molecule has 3 aliphatic carbocycles. The van der Waals surface area contributed by atoms with Gasteiger partial charge in [-0.05, 0) is 38.4 Å². The Bertz CT molecular complexity index is 1030. The van der Waals surface area contributed by atoms with Gasteiger partial charge in [-0.1, -0.05) is 24.3 Å². The fourth-order valence-corrected chi connectivity index (χ4v) is 5.09. The molecule has 0 spiro atoms.